The molecule has 0 saturated carbocycles. The van der Waals surface area contributed by atoms with Crippen LogP contribution in [0.4, 0.5) is 0 Å². The highest BCUT2D eigenvalue weighted by Gasteiger charge is 2.41. The van der Waals surface area contributed by atoms with Crippen LogP contribution in [0.25, 0.3) is 0 Å². The Morgan fingerprint density at radius 2 is 2.20 bits per heavy atom. The molecular weight excluding hydrogens is 138 g/mol. The van der Waals surface area contributed by atoms with Gasteiger partial charge in [0.25, 0.3) is 11.7 Å². The second-order valence-electron chi connectivity index (χ2n) is 1.86. The monoisotopic (exact) mass is 143 g/mol. The normalized spacial score (nSPS) is 21.8. The molecule has 0 radical (unpaired) electrons. The highest BCUT2D eigenvalue weighted by molar-refractivity contribution is 5.98. The maximum absolute atomic E-state index is 10.4. The third-order valence-corrected chi connectivity index (χ3v) is 1.20. The van der Waals surface area contributed by atoms with Crippen LogP contribution in [0, 0.1) is 0 Å². The van der Waals surface area contributed by atoms with E-state index in [9.17, 15) is 9.59 Å². The third kappa shape index (κ3) is 0.722. The molecule has 0 aromatic heterocycles. The molecule has 54 valence electrons. The molecule has 3 N–H and O–H groups in total. The smallest absolute Gasteiger partial charge is 0.289 e. The fraction of sp³-hybridized carbons (Fsp3) is 0.200. The topological polar surface area (TPSA) is 86.6 Å². The summed E-state index contributed by atoms with van der Waals surface area (Å²) in [6.45, 7) is 0. The lowest BCUT2D eigenvalue weighted by Crippen LogP contribution is -2.41. The minimum atomic E-state index is -2.64. The fourth-order valence-corrected chi connectivity index (χ4v) is 0.592. The zero-order valence-electron chi connectivity index (χ0n) is 4.87. The number of amides is 1. The van der Waals surface area contributed by atoms with Crippen molar-refractivity contribution in [3.63, 3.8) is 0 Å². The van der Waals surface area contributed by atoms with Crippen LogP contribution in [0.1, 0.15) is 0 Å². The van der Waals surface area contributed by atoms with Gasteiger partial charge in [0, 0.05) is 6.20 Å². The standard InChI is InChI=1S/C5H5NO4/c7-2-3-1-6-4(8)5(3,9)10/h1-2,9-10H,(H,6,8). The molecule has 1 amide bonds. The number of hydrogen-bond donors (Lipinski definition) is 3. The number of carbonyl (C=O) groups excluding carboxylic acids is 2. The van der Waals surface area contributed by atoms with Gasteiger partial charge < -0.3 is 15.5 Å². The molecule has 0 aromatic carbocycles. The molecule has 10 heavy (non-hydrogen) atoms. The number of aliphatic hydroxyl groups is 2. The zero-order chi connectivity index (χ0) is 7.78. The first-order valence-corrected chi connectivity index (χ1v) is 2.50. The largest absolute Gasteiger partial charge is 0.354 e. The Hall–Kier alpha value is -1.20. The average Bonchev–Trinajstić information content (AvgIpc) is 2.10. The quantitative estimate of drug-likeness (QED) is 0.289. The minimum absolute atomic E-state index is 0.206. The molecule has 0 bridgehead atoms. The molecule has 1 heterocycles. The summed E-state index contributed by atoms with van der Waals surface area (Å²) >= 11 is 0. The summed E-state index contributed by atoms with van der Waals surface area (Å²) in [5, 5.41) is 19.5. The van der Waals surface area contributed by atoms with Gasteiger partial charge in [-0.15, -0.1) is 0 Å². The second-order valence-corrected chi connectivity index (χ2v) is 1.86. The molecule has 1 aliphatic heterocycles. The van der Waals surface area contributed by atoms with Crippen LogP contribution in [0.3, 0.4) is 0 Å². The van der Waals surface area contributed by atoms with Crippen LogP contribution < -0.4 is 5.32 Å². The van der Waals surface area contributed by atoms with Gasteiger partial charge >= 0.3 is 0 Å². The van der Waals surface area contributed by atoms with Crippen molar-refractivity contribution in [2.75, 3.05) is 0 Å². The molecule has 0 fully saturated rings. The Bertz CT molecular complexity index is 218. The maximum atomic E-state index is 10.4. The van der Waals surface area contributed by atoms with Crippen molar-refractivity contribution in [1.82, 2.24) is 5.32 Å². The maximum Gasteiger partial charge on any atom is 0.289 e. The van der Waals surface area contributed by atoms with E-state index in [4.69, 9.17) is 10.2 Å². The molecule has 5 nitrogen and oxygen atoms in total. The first-order chi connectivity index (χ1) is 4.59. The summed E-state index contributed by atoms with van der Waals surface area (Å²) in [4.78, 5) is 20.4. The highest BCUT2D eigenvalue weighted by atomic mass is 16.5. The van der Waals surface area contributed by atoms with Gasteiger partial charge in [-0.25, -0.2) is 0 Å². The molecule has 1 rings (SSSR count). The first kappa shape index (κ1) is 6.91. The summed E-state index contributed by atoms with van der Waals surface area (Å²) < 4.78 is 0. The van der Waals surface area contributed by atoms with E-state index in [2.05, 4.69) is 0 Å². The molecule has 1 aliphatic rings. The van der Waals surface area contributed by atoms with Crippen LogP contribution in [-0.2, 0) is 9.59 Å². The van der Waals surface area contributed by atoms with E-state index in [1.165, 1.54) is 0 Å². The Balaban J connectivity index is 2.98. The van der Waals surface area contributed by atoms with E-state index >= 15 is 0 Å². The van der Waals surface area contributed by atoms with Crippen LogP contribution >= 0.6 is 0 Å². The van der Waals surface area contributed by atoms with Crippen molar-refractivity contribution in [3.05, 3.63) is 11.8 Å². The van der Waals surface area contributed by atoms with Gasteiger partial charge in [-0.1, -0.05) is 0 Å². The van der Waals surface area contributed by atoms with Crippen molar-refractivity contribution in [2.45, 2.75) is 5.79 Å². The Labute approximate surface area is 56.0 Å². The molecule has 0 aliphatic carbocycles. The van der Waals surface area contributed by atoms with E-state index in [0.717, 1.165) is 6.20 Å². The average molecular weight is 143 g/mol. The van der Waals surface area contributed by atoms with Gasteiger partial charge in [-0.3, -0.25) is 9.59 Å². The third-order valence-electron chi connectivity index (χ3n) is 1.20. The highest BCUT2D eigenvalue weighted by Crippen LogP contribution is 2.15. The van der Waals surface area contributed by atoms with E-state index in [1.807, 2.05) is 5.32 Å². The van der Waals surface area contributed by atoms with E-state index < -0.39 is 11.7 Å². The van der Waals surface area contributed by atoms with Gasteiger partial charge in [-0.05, 0) is 0 Å². The van der Waals surface area contributed by atoms with Crippen molar-refractivity contribution in [3.8, 4) is 0 Å². The van der Waals surface area contributed by atoms with Gasteiger partial charge in [0.2, 0.25) is 0 Å². The summed E-state index contributed by atoms with van der Waals surface area (Å²) in [6, 6.07) is 0. The summed E-state index contributed by atoms with van der Waals surface area (Å²) in [5.41, 5.74) is -0.377. The molecule has 0 spiro atoms. The SMILES string of the molecule is O=CC1=CNC(=O)C1(O)O. The molecular formula is C5H5NO4. The van der Waals surface area contributed by atoms with Crippen LogP contribution in [0.15, 0.2) is 11.8 Å². The lowest BCUT2D eigenvalue weighted by Gasteiger charge is -2.10. The molecule has 0 aromatic rings. The Morgan fingerprint density at radius 1 is 1.60 bits per heavy atom. The fourth-order valence-electron chi connectivity index (χ4n) is 0.592. The molecule has 0 unspecified atom stereocenters. The first-order valence-electron chi connectivity index (χ1n) is 2.50. The summed E-state index contributed by atoms with van der Waals surface area (Å²) in [7, 11) is 0. The molecule has 0 atom stereocenters. The second kappa shape index (κ2) is 1.89. The predicted molar refractivity (Wildman–Crippen MR) is 29.5 cm³/mol. The van der Waals surface area contributed by atoms with Gasteiger partial charge in [-0.2, -0.15) is 0 Å². The zero-order valence-corrected chi connectivity index (χ0v) is 4.87. The predicted octanol–water partition coefficient (Wildman–Crippen LogP) is -2.12. The van der Waals surface area contributed by atoms with Crippen molar-refractivity contribution in [2.24, 2.45) is 0 Å². The van der Waals surface area contributed by atoms with Crippen molar-refractivity contribution in [1.29, 1.82) is 0 Å². The Morgan fingerprint density at radius 3 is 2.40 bits per heavy atom. The number of hydrogen-bond acceptors (Lipinski definition) is 4. The van der Waals surface area contributed by atoms with E-state index in [0.29, 0.717) is 0 Å². The lowest BCUT2D eigenvalue weighted by atomic mass is 10.1. The number of aldehydes is 1. The van der Waals surface area contributed by atoms with Crippen LogP contribution in [0.2, 0.25) is 0 Å². The summed E-state index contributed by atoms with van der Waals surface area (Å²) in [5.74, 6) is -3.64. The van der Waals surface area contributed by atoms with Crippen molar-refractivity contribution >= 4 is 12.2 Å². The van der Waals surface area contributed by atoms with Gasteiger partial charge in [0.1, 0.15) is 0 Å². The Kier molecular flexibility index (Phi) is 1.31. The number of rotatable bonds is 1. The number of carbonyl (C=O) groups is 2. The summed E-state index contributed by atoms with van der Waals surface area (Å²) in [6.07, 6.45) is 1.16. The van der Waals surface area contributed by atoms with E-state index in [-0.39, 0.29) is 11.9 Å². The molecule has 0 saturated heterocycles. The van der Waals surface area contributed by atoms with Crippen molar-refractivity contribution < 1.29 is 19.8 Å². The molecule has 5 heteroatoms. The lowest BCUT2D eigenvalue weighted by molar-refractivity contribution is -0.167. The van der Waals surface area contributed by atoms with Gasteiger partial charge in [0.05, 0.1) is 5.57 Å². The van der Waals surface area contributed by atoms with E-state index in [1.54, 1.807) is 0 Å². The van der Waals surface area contributed by atoms with Crippen LogP contribution in [0.5, 0.6) is 0 Å². The minimum Gasteiger partial charge on any atom is -0.354 e. The van der Waals surface area contributed by atoms with Gasteiger partial charge in [0.15, 0.2) is 6.29 Å². The van der Waals surface area contributed by atoms with Crippen LogP contribution in [-0.4, -0.2) is 28.2 Å². The number of nitrogens with one attached hydrogen (secondary N) is 1.